The Labute approximate surface area is 129 Å². The van der Waals surface area contributed by atoms with Gasteiger partial charge in [0.1, 0.15) is 0 Å². The Bertz CT molecular complexity index is 554. The lowest BCUT2D eigenvalue weighted by molar-refractivity contribution is -0.127. The van der Waals surface area contributed by atoms with Crippen molar-refractivity contribution in [3.8, 4) is 0 Å². The highest BCUT2D eigenvalue weighted by atomic mass is 32.2. The highest BCUT2D eigenvalue weighted by molar-refractivity contribution is 7.99. The SMILES string of the molecule is C=C(C)CN(CC)C(=O)CSc1nc(CCC)cc(=O)[nH]1. The van der Waals surface area contributed by atoms with Crippen molar-refractivity contribution in [3.63, 3.8) is 0 Å². The average molecular weight is 309 g/mol. The predicted molar refractivity (Wildman–Crippen MR) is 86.6 cm³/mol. The Kier molecular flexibility index (Phi) is 7.22. The summed E-state index contributed by atoms with van der Waals surface area (Å²) in [4.78, 5) is 32.4. The maximum Gasteiger partial charge on any atom is 0.251 e. The van der Waals surface area contributed by atoms with Gasteiger partial charge in [0.2, 0.25) is 5.91 Å². The van der Waals surface area contributed by atoms with Crippen molar-refractivity contribution in [2.75, 3.05) is 18.8 Å². The van der Waals surface area contributed by atoms with E-state index in [-0.39, 0.29) is 17.2 Å². The molecule has 6 heteroatoms. The second kappa shape index (κ2) is 8.67. The van der Waals surface area contributed by atoms with Gasteiger partial charge in [-0.15, -0.1) is 0 Å². The van der Waals surface area contributed by atoms with E-state index in [9.17, 15) is 9.59 Å². The molecule has 1 aromatic rings. The van der Waals surface area contributed by atoms with E-state index in [1.807, 2.05) is 20.8 Å². The average Bonchev–Trinajstić information content (AvgIpc) is 2.41. The normalized spacial score (nSPS) is 10.4. The van der Waals surface area contributed by atoms with E-state index >= 15 is 0 Å². The highest BCUT2D eigenvalue weighted by Gasteiger charge is 2.13. The molecule has 5 nitrogen and oxygen atoms in total. The number of hydrogen-bond donors (Lipinski definition) is 1. The Balaban J connectivity index is 2.67. The number of hydrogen-bond acceptors (Lipinski definition) is 4. The van der Waals surface area contributed by atoms with E-state index in [0.717, 1.165) is 24.1 Å². The number of amides is 1. The van der Waals surface area contributed by atoms with Gasteiger partial charge in [-0.3, -0.25) is 9.59 Å². The number of aryl methyl sites for hydroxylation is 1. The number of carbonyl (C=O) groups excluding carboxylic acids is 1. The third kappa shape index (κ3) is 6.16. The van der Waals surface area contributed by atoms with Gasteiger partial charge in [0.25, 0.3) is 5.56 Å². The zero-order valence-electron chi connectivity index (χ0n) is 12.9. The van der Waals surface area contributed by atoms with E-state index in [4.69, 9.17) is 0 Å². The number of thioether (sulfide) groups is 1. The number of likely N-dealkylation sites (N-methyl/N-ethyl adjacent to an activating group) is 1. The van der Waals surface area contributed by atoms with Crippen LogP contribution in [0.25, 0.3) is 0 Å². The molecule has 1 aromatic heterocycles. The fourth-order valence-corrected chi connectivity index (χ4v) is 2.66. The third-order valence-corrected chi connectivity index (χ3v) is 3.66. The topological polar surface area (TPSA) is 66.1 Å². The van der Waals surface area contributed by atoms with Gasteiger partial charge in [-0.05, 0) is 20.3 Å². The first-order chi connectivity index (χ1) is 9.96. The molecule has 0 saturated carbocycles. The standard InChI is InChI=1S/C15H23N3O2S/c1-5-7-12-8-13(19)17-15(16-12)21-10-14(20)18(6-2)9-11(3)4/h8H,3,5-7,9-10H2,1-2,4H3,(H,16,17,19). The molecule has 21 heavy (non-hydrogen) atoms. The van der Waals surface area contributed by atoms with Crippen molar-refractivity contribution >= 4 is 17.7 Å². The van der Waals surface area contributed by atoms with Gasteiger partial charge in [-0.25, -0.2) is 4.98 Å². The molecule has 1 rings (SSSR count). The molecule has 0 aliphatic rings. The number of aromatic amines is 1. The lowest BCUT2D eigenvalue weighted by Crippen LogP contribution is -2.33. The van der Waals surface area contributed by atoms with Gasteiger partial charge in [0, 0.05) is 24.8 Å². The van der Waals surface area contributed by atoms with Gasteiger partial charge < -0.3 is 9.88 Å². The van der Waals surface area contributed by atoms with Gasteiger partial charge in [0.15, 0.2) is 5.16 Å². The molecule has 0 fully saturated rings. The molecule has 0 aromatic carbocycles. The molecular formula is C15H23N3O2S. The minimum atomic E-state index is -0.169. The second-order valence-corrected chi connectivity index (χ2v) is 5.91. The monoisotopic (exact) mass is 309 g/mol. The van der Waals surface area contributed by atoms with Crippen molar-refractivity contribution in [1.82, 2.24) is 14.9 Å². The number of rotatable bonds is 8. The number of aromatic nitrogens is 2. The van der Waals surface area contributed by atoms with Crippen molar-refractivity contribution < 1.29 is 4.79 Å². The first-order valence-electron chi connectivity index (χ1n) is 7.11. The zero-order chi connectivity index (χ0) is 15.8. The summed E-state index contributed by atoms with van der Waals surface area (Å²) in [5, 5.41) is 0.505. The van der Waals surface area contributed by atoms with E-state index in [1.165, 1.54) is 17.8 Å². The van der Waals surface area contributed by atoms with Gasteiger partial charge in [0.05, 0.1) is 5.75 Å². The molecular weight excluding hydrogens is 286 g/mol. The quantitative estimate of drug-likeness (QED) is 0.454. The lowest BCUT2D eigenvalue weighted by atomic mass is 10.2. The number of carbonyl (C=O) groups is 1. The Hall–Kier alpha value is -1.56. The largest absolute Gasteiger partial charge is 0.338 e. The van der Waals surface area contributed by atoms with Crippen molar-refractivity contribution in [2.45, 2.75) is 38.8 Å². The summed E-state index contributed by atoms with van der Waals surface area (Å²) in [5.74, 6) is 0.286. The molecule has 1 amide bonds. The Morgan fingerprint density at radius 3 is 2.76 bits per heavy atom. The molecule has 116 valence electrons. The summed E-state index contributed by atoms with van der Waals surface area (Å²) in [5.41, 5.74) is 1.55. The summed E-state index contributed by atoms with van der Waals surface area (Å²) in [6, 6.07) is 1.51. The predicted octanol–water partition coefficient (Wildman–Crippen LogP) is 2.24. The van der Waals surface area contributed by atoms with Gasteiger partial charge in [-0.1, -0.05) is 37.3 Å². The molecule has 0 radical (unpaired) electrons. The molecule has 0 saturated heterocycles. The van der Waals surface area contributed by atoms with Crippen molar-refractivity contribution in [2.24, 2.45) is 0 Å². The number of H-pyrrole nitrogens is 1. The molecule has 0 aliphatic heterocycles. The van der Waals surface area contributed by atoms with Crippen LogP contribution in [0.1, 0.15) is 32.9 Å². The maximum atomic E-state index is 12.1. The fourth-order valence-electron chi connectivity index (χ4n) is 1.86. The zero-order valence-corrected chi connectivity index (χ0v) is 13.8. The van der Waals surface area contributed by atoms with E-state index in [0.29, 0.717) is 18.2 Å². The van der Waals surface area contributed by atoms with E-state index in [1.54, 1.807) is 4.90 Å². The summed E-state index contributed by atoms with van der Waals surface area (Å²) in [6.45, 7) is 10.9. The molecule has 0 atom stereocenters. The summed E-state index contributed by atoms with van der Waals surface area (Å²) >= 11 is 1.27. The third-order valence-electron chi connectivity index (χ3n) is 2.81. The summed E-state index contributed by atoms with van der Waals surface area (Å²) < 4.78 is 0. The van der Waals surface area contributed by atoms with Crippen LogP contribution < -0.4 is 5.56 Å². The Morgan fingerprint density at radius 2 is 2.19 bits per heavy atom. The smallest absolute Gasteiger partial charge is 0.251 e. The molecule has 1 N–H and O–H groups in total. The minimum Gasteiger partial charge on any atom is -0.338 e. The van der Waals surface area contributed by atoms with Crippen molar-refractivity contribution in [3.05, 3.63) is 34.3 Å². The maximum absolute atomic E-state index is 12.1. The first-order valence-corrected chi connectivity index (χ1v) is 8.10. The van der Waals surface area contributed by atoms with Crippen LogP contribution in [0.5, 0.6) is 0 Å². The van der Waals surface area contributed by atoms with Crippen molar-refractivity contribution in [1.29, 1.82) is 0 Å². The van der Waals surface area contributed by atoms with Crippen LogP contribution in [-0.4, -0.2) is 39.6 Å². The molecule has 0 unspecified atom stereocenters. The van der Waals surface area contributed by atoms with Crippen LogP contribution in [0.15, 0.2) is 28.2 Å². The van der Waals surface area contributed by atoms with Crippen LogP contribution in [0.3, 0.4) is 0 Å². The van der Waals surface area contributed by atoms with Gasteiger partial charge >= 0.3 is 0 Å². The summed E-state index contributed by atoms with van der Waals surface area (Å²) in [7, 11) is 0. The number of nitrogens with one attached hydrogen (secondary N) is 1. The second-order valence-electron chi connectivity index (χ2n) is 4.95. The van der Waals surface area contributed by atoms with Crippen LogP contribution >= 0.6 is 11.8 Å². The van der Waals surface area contributed by atoms with Crippen LogP contribution in [0, 0.1) is 0 Å². The highest BCUT2D eigenvalue weighted by Crippen LogP contribution is 2.13. The van der Waals surface area contributed by atoms with Crippen LogP contribution in [0.2, 0.25) is 0 Å². The van der Waals surface area contributed by atoms with Gasteiger partial charge in [-0.2, -0.15) is 0 Å². The van der Waals surface area contributed by atoms with Crippen LogP contribution in [-0.2, 0) is 11.2 Å². The first kappa shape index (κ1) is 17.5. The fraction of sp³-hybridized carbons (Fsp3) is 0.533. The number of nitrogens with zero attached hydrogens (tertiary/aromatic N) is 2. The Morgan fingerprint density at radius 1 is 1.48 bits per heavy atom. The minimum absolute atomic E-state index is 0.0223. The van der Waals surface area contributed by atoms with E-state index < -0.39 is 0 Å². The van der Waals surface area contributed by atoms with Crippen LogP contribution in [0.4, 0.5) is 0 Å². The molecule has 0 aliphatic carbocycles. The lowest BCUT2D eigenvalue weighted by Gasteiger charge is -2.20. The van der Waals surface area contributed by atoms with E-state index in [2.05, 4.69) is 16.5 Å². The molecule has 0 bridgehead atoms. The molecule has 0 spiro atoms. The molecule has 1 heterocycles. The summed E-state index contributed by atoms with van der Waals surface area (Å²) in [6.07, 6.45) is 1.70.